The number of benzene rings is 10. The van der Waals surface area contributed by atoms with E-state index in [2.05, 4.69) is 296 Å². The molecule has 3 aliphatic rings. The van der Waals surface area contributed by atoms with E-state index in [1.54, 1.807) is 0 Å². The molecule has 0 radical (unpaired) electrons. The van der Waals surface area contributed by atoms with Crippen molar-refractivity contribution in [3.05, 3.63) is 272 Å². The highest BCUT2D eigenvalue weighted by Crippen LogP contribution is 2.58. The molecule has 390 valence electrons. The van der Waals surface area contributed by atoms with Crippen molar-refractivity contribution in [1.29, 1.82) is 0 Å². The molecule has 0 N–H and O–H groups in total. The molecule has 0 spiro atoms. The Morgan fingerprint density at radius 2 is 1.04 bits per heavy atom. The predicted octanol–water partition coefficient (Wildman–Crippen LogP) is 20.9. The number of nitrogens with zero attached hydrogens (tertiary/aromatic N) is 4. The van der Waals surface area contributed by atoms with E-state index in [9.17, 15) is 0 Å². The normalized spacial score (nSPS) is 13.6. The van der Waals surface area contributed by atoms with Crippen LogP contribution in [-0.4, -0.2) is 16.1 Å². The van der Waals surface area contributed by atoms with Crippen molar-refractivity contribution in [1.82, 2.24) is 9.38 Å². The summed E-state index contributed by atoms with van der Waals surface area (Å²) in [6, 6.07) is 82.3. The zero-order chi connectivity index (χ0) is 54.6. The lowest BCUT2D eigenvalue weighted by Crippen LogP contribution is -2.25. The molecule has 0 amide bonds. The zero-order valence-electron chi connectivity index (χ0n) is 45.9. The molecule has 3 aromatic heterocycles. The van der Waals surface area contributed by atoms with Crippen molar-refractivity contribution in [2.24, 2.45) is 0 Å². The molecule has 10 aromatic carbocycles. The van der Waals surface area contributed by atoms with E-state index in [4.69, 9.17) is 9.72 Å². The molecule has 5 heteroatoms. The van der Waals surface area contributed by atoms with Crippen molar-refractivity contribution < 1.29 is 4.74 Å². The van der Waals surface area contributed by atoms with E-state index in [1.165, 1.54) is 72.1 Å². The number of aromatic nitrogens is 2. The summed E-state index contributed by atoms with van der Waals surface area (Å²) in [5.74, 6) is 1.50. The lowest BCUT2D eigenvalue weighted by atomic mass is 9.86. The molecule has 0 unspecified atom stereocenters. The zero-order valence-corrected chi connectivity index (χ0v) is 45.9. The van der Waals surface area contributed by atoms with Crippen LogP contribution in [0.1, 0.15) is 38.3 Å². The van der Waals surface area contributed by atoms with Gasteiger partial charge >= 0.3 is 0 Å². The highest BCUT2D eigenvalue weighted by Gasteiger charge is 2.37. The van der Waals surface area contributed by atoms with Crippen LogP contribution in [0.15, 0.2) is 261 Å². The summed E-state index contributed by atoms with van der Waals surface area (Å²) in [5.41, 5.74) is 20.7. The van der Waals surface area contributed by atoms with Gasteiger partial charge in [-0.1, -0.05) is 227 Å². The van der Waals surface area contributed by atoms with Crippen LogP contribution in [0.3, 0.4) is 0 Å². The molecular formula is C77H56N4O. The van der Waals surface area contributed by atoms with Crippen LogP contribution in [0.25, 0.3) is 110 Å². The maximum Gasteiger partial charge on any atom is 0.145 e. The monoisotopic (exact) mass is 1050 g/mol. The Labute approximate surface area is 476 Å². The Balaban J connectivity index is 0.887. The Morgan fingerprint density at radius 3 is 1.82 bits per heavy atom. The summed E-state index contributed by atoms with van der Waals surface area (Å²) in [6.45, 7) is 7.39. The minimum atomic E-state index is 0.0471. The van der Waals surface area contributed by atoms with Gasteiger partial charge in [0.25, 0.3) is 0 Å². The summed E-state index contributed by atoms with van der Waals surface area (Å²) < 4.78 is 9.62. The van der Waals surface area contributed by atoms with Crippen molar-refractivity contribution in [2.75, 3.05) is 16.5 Å². The number of pyridine rings is 1. The smallest absolute Gasteiger partial charge is 0.145 e. The van der Waals surface area contributed by atoms with Gasteiger partial charge in [-0.3, -0.25) is 4.40 Å². The first-order valence-corrected chi connectivity index (χ1v) is 28.5. The van der Waals surface area contributed by atoms with Gasteiger partial charge in [-0.2, -0.15) is 0 Å². The van der Waals surface area contributed by atoms with E-state index in [0.717, 1.165) is 89.6 Å². The molecule has 5 heterocycles. The van der Waals surface area contributed by atoms with Crippen LogP contribution in [0.4, 0.5) is 22.7 Å². The Morgan fingerprint density at radius 1 is 0.427 bits per heavy atom. The first-order chi connectivity index (χ1) is 40.3. The molecule has 0 saturated heterocycles. The van der Waals surface area contributed by atoms with Gasteiger partial charge in [-0.25, -0.2) is 4.98 Å². The maximum absolute atomic E-state index is 7.22. The number of anilines is 4. The number of rotatable bonds is 6. The molecule has 0 saturated carbocycles. The molecule has 13 aromatic rings. The minimum Gasteiger partial charge on any atom is -0.457 e. The quantitative estimate of drug-likeness (QED) is 0.166. The molecule has 0 fully saturated rings. The van der Waals surface area contributed by atoms with Gasteiger partial charge in [0.05, 0.1) is 33.8 Å². The summed E-state index contributed by atoms with van der Waals surface area (Å²) in [7, 11) is 0. The second kappa shape index (κ2) is 18.7. The number of allylic oxidation sites excluding steroid dienone is 6. The van der Waals surface area contributed by atoms with E-state index < -0.39 is 0 Å². The van der Waals surface area contributed by atoms with Crippen molar-refractivity contribution in [3.8, 4) is 56.0 Å². The van der Waals surface area contributed by atoms with E-state index in [0.29, 0.717) is 6.67 Å². The van der Waals surface area contributed by atoms with Crippen molar-refractivity contribution in [3.63, 3.8) is 0 Å². The minimum absolute atomic E-state index is 0.0471. The average molecular weight is 1050 g/mol. The van der Waals surface area contributed by atoms with Crippen molar-refractivity contribution >= 4 is 88.1 Å². The lowest BCUT2D eigenvalue weighted by Gasteiger charge is -2.28. The fraction of sp³-hybridized carbons (Fsp3) is 0.0779. The lowest BCUT2D eigenvalue weighted by molar-refractivity contribution is 0.483. The SMILES string of the molecule is CC(C)(C)c1ccc(-c2cnc3c(c2)c2ccccc2c2ccccc2c2cccc4c5ccc(Oc6ccc7c(c6)N6CN(c8c(C9=CC=CCC=C9)cccc8-c8ccccc8)c8cccc(c86)-c6ccccc6-7)cc5n3c24)cc1. The number of ether oxygens (including phenoxy) is 1. The molecule has 0 atom stereocenters. The second-order valence-corrected chi connectivity index (χ2v) is 23.0. The molecule has 5 nitrogen and oxygen atoms in total. The highest BCUT2D eigenvalue weighted by atomic mass is 16.5. The molecule has 16 rings (SSSR count). The van der Waals surface area contributed by atoms with Gasteiger partial charge < -0.3 is 14.5 Å². The van der Waals surface area contributed by atoms with Crippen LogP contribution >= 0.6 is 0 Å². The largest absolute Gasteiger partial charge is 0.457 e. The summed E-state index contributed by atoms with van der Waals surface area (Å²) in [5, 5.41) is 9.18. The van der Waals surface area contributed by atoms with Gasteiger partial charge in [0.15, 0.2) is 0 Å². The van der Waals surface area contributed by atoms with E-state index in [1.807, 2.05) is 0 Å². The number of fused-ring (bicyclic) bond motifs is 15. The van der Waals surface area contributed by atoms with Crippen LogP contribution in [0.5, 0.6) is 11.5 Å². The molecule has 2 aliphatic heterocycles. The number of para-hydroxylation sites is 3. The van der Waals surface area contributed by atoms with E-state index in [-0.39, 0.29) is 5.41 Å². The second-order valence-electron chi connectivity index (χ2n) is 23.0. The van der Waals surface area contributed by atoms with Crippen LogP contribution in [0, 0.1) is 0 Å². The first-order valence-electron chi connectivity index (χ1n) is 28.5. The maximum atomic E-state index is 7.22. The predicted molar refractivity (Wildman–Crippen MR) is 345 cm³/mol. The number of hydrogen-bond acceptors (Lipinski definition) is 4. The van der Waals surface area contributed by atoms with Crippen LogP contribution < -0.4 is 14.5 Å². The fourth-order valence-corrected chi connectivity index (χ4v) is 13.3. The van der Waals surface area contributed by atoms with Gasteiger partial charge in [0.1, 0.15) is 23.8 Å². The topological polar surface area (TPSA) is 33.0 Å². The Bertz CT molecular complexity index is 4940. The Hall–Kier alpha value is -10.2. The third kappa shape index (κ3) is 7.57. The van der Waals surface area contributed by atoms with Crippen LogP contribution in [0.2, 0.25) is 0 Å². The van der Waals surface area contributed by atoms with Crippen molar-refractivity contribution in [2.45, 2.75) is 32.6 Å². The van der Waals surface area contributed by atoms with Crippen LogP contribution in [-0.2, 0) is 5.41 Å². The highest BCUT2D eigenvalue weighted by molar-refractivity contribution is 6.25. The average Bonchev–Trinajstić information content (AvgIpc) is 2.37. The standard InChI is InChI=1S/C77H56N4O/c1-77(2,3)53-38-36-49(37-39-53)52-44-69-63-29-16-12-25-59(63)58-24-11-14-27-61(58)66-32-18-33-68-65-43-41-55(46-72(65)81(74(66)68)76(69)78-47-52)82-54-40-42-64-60-26-13-15-28-62(60)67-34-19-35-70-75(67)80(71(64)45-54)48-79(70)73-56(50-20-7-4-5-8-21-50)30-17-31-57(73)51-22-9-6-10-23-51/h4,6-47H,5,48H2,1-3H3. The third-order valence-electron chi connectivity index (χ3n) is 17.2. The van der Waals surface area contributed by atoms with E-state index >= 15 is 0 Å². The van der Waals surface area contributed by atoms with Gasteiger partial charge in [-0.05, 0) is 103 Å². The fourth-order valence-electron chi connectivity index (χ4n) is 13.3. The van der Waals surface area contributed by atoms with Gasteiger partial charge in [0, 0.05) is 67.7 Å². The molecular weight excluding hydrogens is 997 g/mol. The molecule has 0 bridgehead atoms. The van der Waals surface area contributed by atoms with Gasteiger partial charge in [-0.15, -0.1) is 0 Å². The molecule has 82 heavy (non-hydrogen) atoms. The summed E-state index contributed by atoms with van der Waals surface area (Å²) in [6.07, 6.45) is 14.2. The molecule has 1 aliphatic carbocycles. The van der Waals surface area contributed by atoms with Gasteiger partial charge in [0.2, 0.25) is 0 Å². The summed E-state index contributed by atoms with van der Waals surface area (Å²) >= 11 is 0. The summed E-state index contributed by atoms with van der Waals surface area (Å²) in [4.78, 5) is 10.6. The first kappa shape index (κ1) is 47.7. The number of hydrogen-bond donors (Lipinski definition) is 0. The third-order valence-corrected chi connectivity index (χ3v) is 17.2. The Kier molecular flexibility index (Phi) is 10.9.